The van der Waals surface area contributed by atoms with Gasteiger partial charge in [0.25, 0.3) is 0 Å². The molecular formula is C16H24BrClN2. The van der Waals surface area contributed by atoms with E-state index in [-0.39, 0.29) is 5.54 Å². The Bertz CT molecular complexity index is 446. The van der Waals surface area contributed by atoms with E-state index in [1.54, 1.807) is 0 Å². The lowest BCUT2D eigenvalue weighted by Crippen LogP contribution is -2.50. The lowest BCUT2D eigenvalue weighted by molar-refractivity contribution is 0.191. The van der Waals surface area contributed by atoms with Crippen LogP contribution in [0.2, 0.25) is 5.02 Å². The first-order chi connectivity index (χ1) is 9.58. The largest absolute Gasteiger partial charge is 0.310 e. The van der Waals surface area contributed by atoms with E-state index in [2.05, 4.69) is 52.1 Å². The van der Waals surface area contributed by atoms with Gasteiger partial charge in [-0.15, -0.1) is 0 Å². The molecular weight excluding hydrogens is 336 g/mol. The van der Waals surface area contributed by atoms with Gasteiger partial charge in [0, 0.05) is 28.1 Å². The fourth-order valence-electron chi connectivity index (χ4n) is 2.97. The number of halogens is 2. The second kappa shape index (κ2) is 7.26. The smallest absolute Gasteiger partial charge is 0.0462 e. The molecule has 4 heteroatoms. The molecule has 0 aliphatic carbocycles. The van der Waals surface area contributed by atoms with Crippen LogP contribution in [0.1, 0.15) is 38.7 Å². The lowest BCUT2D eigenvalue weighted by Gasteiger charge is -2.35. The van der Waals surface area contributed by atoms with Crippen LogP contribution in [0.15, 0.2) is 22.7 Å². The van der Waals surface area contributed by atoms with Crippen molar-refractivity contribution in [1.82, 2.24) is 10.2 Å². The minimum absolute atomic E-state index is 0.262. The number of hydrogen-bond donors (Lipinski definition) is 1. The highest BCUT2D eigenvalue weighted by atomic mass is 79.9. The summed E-state index contributed by atoms with van der Waals surface area (Å²) in [7, 11) is 0. The molecule has 0 amide bonds. The molecule has 1 heterocycles. The lowest BCUT2D eigenvalue weighted by atomic mass is 9.92. The van der Waals surface area contributed by atoms with Crippen LogP contribution in [-0.2, 0) is 6.54 Å². The Kier molecular flexibility index (Phi) is 5.91. The van der Waals surface area contributed by atoms with E-state index in [4.69, 9.17) is 11.6 Å². The van der Waals surface area contributed by atoms with Gasteiger partial charge in [0.1, 0.15) is 0 Å². The van der Waals surface area contributed by atoms with Crippen LogP contribution in [0.5, 0.6) is 0 Å². The van der Waals surface area contributed by atoms with Crippen molar-refractivity contribution >= 4 is 27.5 Å². The number of hydrogen-bond acceptors (Lipinski definition) is 2. The molecule has 0 aromatic heterocycles. The van der Waals surface area contributed by atoms with Crippen LogP contribution in [0.4, 0.5) is 0 Å². The van der Waals surface area contributed by atoms with Crippen molar-refractivity contribution in [3.05, 3.63) is 33.3 Å². The first-order valence-corrected chi connectivity index (χ1v) is 8.67. The maximum Gasteiger partial charge on any atom is 0.0462 e. The molecule has 1 N–H and O–H groups in total. The van der Waals surface area contributed by atoms with E-state index in [9.17, 15) is 0 Å². The highest BCUT2D eigenvalue weighted by Crippen LogP contribution is 2.25. The van der Waals surface area contributed by atoms with Crippen molar-refractivity contribution in [3.63, 3.8) is 0 Å². The predicted molar refractivity (Wildman–Crippen MR) is 90.4 cm³/mol. The highest BCUT2D eigenvalue weighted by Gasteiger charge is 2.30. The molecule has 1 aliphatic rings. The van der Waals surface area contributed by atoms with Crippen molar-refractivity contribution in [1.29, 1.82) is 0 Å². The van der Waals surface area contributed by atoms with Crippen LogP contribution in [-0.4, -0.2) is 30.1 Å². The van der Waals surface area contributed by atoms with E-state index in [0.717, 1.165) is 35.7 Å². The van der Waals surface area contributed by atoms with Crippen LogP contribution >= 0.6 is 27.5 Å². The summed E-state index contributed by atoms with van der Waals surface area (Å²) in [4.78, 5) is 2.54. The molecule has 20 heavy (non-hydrogen) atoms. The molecule has 0 radical (unpaired) electrons. The summed E-state index contributed by atoms with van der Waals surface area (Å²) in [5.74, 6) is 0. The molecule has 1 aliphatic heterocycles. The van der Waals surface area contributed by atoms with Gasteiger partial charge in [0.2, 0.25) is 0 Å². The molecule has 112 valence electrons. The standard InChI is InChI=1S/C16H24BrClN2/c1-3-16(4-2)12-20(9-5-8-19-16)11-13-6-7-14(17)10-15(13)18/h6-7,10,19H,3-5,8-9,11-12H2,1-2H3. The summed E-state index contributed by atoms with van der Waals surface area (Å²) in [6, 6.07) is 6.19. The molecule has 1 aromatic rings. The second-order valence-electron chi connectivity index (χ2n) is 5.71. The van der Waals surface area contributed by atoms with E-state index in [1.807, 2.05) is 6.07 Å². The minimum atomic E-state index is 0.262. The molecule has 2 rings (SSSR count). The number of rotatable bonds is 4. The Morgan fingerprint density at radius 1 is 1.35 bits per heavy atom. The summed E-state index contributed by atoms with van der Waals surface area (Å²) >= 11 is 9.82. The summed E-state index contributed by atoms with van der Waals surface area (Å²) in [6.45, 7) is 8.87. The van der Waals surface area contributed by atoms with E-state index in [0.29, 0.717) is 0 Å². The average molecular weight is 360 g/mol. The topological polar surface area (TPSA) is 15.3 Å². The predicted octanol–water partition coefficient (Wildman–Crippen LogP) is 4.46. The summed E-state index contributed by atoms with van der Waals surface area (Å²) in [5.41, 5.74) is 1.48. The molecule has 1 saturated heterocycles. The van der Waals surface area contributed by atoms with Gasteiger partial charge in [-0.05, 0) is 50.0 Å². The van der Waals surface area contributed by atoms with Crippen molar-refractivity contribution in [2.24, 2.45) is 0 Å². The summed E-state index contributed by atoms with van der Waals surface area (Å²) in [5, 5.41) is 4.61. The molecule has 0 saturated carbocycles. The van der Waals surface area contributed by atoms with Crippen LogP contribution < -0.4 is 5.32 Å². The number of nitrogens with one attached hydrogen (secondary N) is 1. The Balaban J connectivity index is 2.11. The zero-order valence-electron chi connectivity index (χ0n) is 12.4. The Hall–Kier alpha value is -0.0900. The SMILES string of the molecule is CCC1(CC)CN(Cc2ccc(Br)cc2Cl)CCCN1. The van der Waals surface area contributed by atoms with Gasteiger partial charge < -0.3 is 5.32 Å². The van der Waals surface area contributed by atoms with Crippen molar-refractivity contribution in [3.8, 4) is 0 Å². The minimum Gasteiger partial charge on any atom is -0.310 e. The normalized spacial score (nSPS) is 19.8. The molecule has 0 unspecified atom stereocenters. The average Bonchev–Trinajstić information content (AvgIpc) is 2.65. The Labute approximate surface area is 136 Å². The van der Waals surface area contributed by atoms with Gasteiger partial charge in [-0.2, -0.15) is 0 Å². The van der Waals surface area contributed by atoms with Gasteiger partial charge in [0.05, 0.1) is 0 Å². The monoisotopic (exact) mass is 358 g/mol. The third kappa shape index (κ3) is 3.97. The Morgan fingerprint density at radius 2 is 2.10 bits per heavy atom. The first kappa shape index (κ1) is 16.3. The van der Waals surface area contributed by atoms with E-state index in [1.165, 1.54) is 24.8 Å². The van der Waals surface area contributed by atoms with Gasteiger partial charge in [0.15, 0.2) is 0 Å². The molecule has 1 fully saturated rings. The van der Waals surface area contributed by atoms with Gasteiger partial charge in [-0.1, -0.05) is 47.4 Å². The third-order valence-corrected chi connectivity index (χ3v) is 5.29. The fraction of sp³-hybridized carbons (Fsp3) is 0.625. The molecule has 1 aromatic carbocycles. The maximum atomic E-state index is 6.36. The van der Waals surface area contributed by atoms with Gasteiger partial charge in [-0.25, -0.2) is 0 Å². The molecule has 0 spiro atoms. The summed E-state index contributed by atoms with van der Waals surface area (Å²) in [6.07, 6.45) is 3.55. The fourth-order valence-corrected chi connectivity index (χ4v) is 3.70. The first-order valence-electron chi connectivity index (χ1n) is 7.50. The van der Waals surface area contributed by atoms with Crippen molar-refractivity contribution in [2.45, 2.75) is 45.2 Å². The molecule has 0 atom stereocenters. The van der Waals surface area contributed by atoms with Crippen LogP contribution in [0, 0.1) is 0 Å². The van der Waals surface area contributed by atoms with Crippen molar-refractivity contribution in [2.75, 3.05) is 19.6 Å². The van der Waals surface area contributed by atoms with Crippen molar-refractivity contribution < 1.29 is 0 Å². The maximum absolute atomic E-state index is 6.36. The van der Waals surface area contributed by atoms with Gasteiger partial charge in [-0.3, -0.25) is 4.90 Å². The third-order valence-electron chi connectivity index (χ3n) is 4.44. The summed E-state index contributed by atoms with van der Waals surface area (Å²) < 4.78 is 1.04. The molecule has 2 nitrogen and oxygen atoms in total. The van der Waals surface area contributed by atoms with E-state index < -0.39 is 0 Å². The highest BCUT2D eigenvalue weighted by molar-refractivity contribution is 9.10. The van der Waals surface area contributed by atoms with Crippen LogP contribution in [0.25, 0.3) is 0 Å². The van der Waals surface area contributed by atoms with Gasteiger partial charge >= 0.3 is 0 Å². The van der Waals surface area contributed by atoms with Crippen LogP contribution in [0.3, 0.4) is 0 Å². The molecule has 0 bridgehead atoms. The zero-order chi connectivity index (χ0) is 14.6. The second-order valence-corrected chi connectivity index (χ2v) is 7.04. The Morgan fingerprint density at radius 3 is 2.75 bits per heavy atom. The quantitative estimate of drug-likeness (QED) is 0.854. The number of nitrogens with zero attached hydrogens (tertiary/aromatic N) is 1. The zero-order valence-corrected chi connectivity index (χ0v) is 14.7. The van der Waals surface area contributed by atoms with E-state index >= 15 is 0 Å². The number of benzene rings is 1.